The van der Waals surface area contributed by atoms with E-state index in [0.717, 1.165) is 27.1 Å². The fraction of sp³-hybridized carbons (Fsp3) is 0.174. The number of benzene rings is 2. The Hall–Kier alpha value is -3.05. The van der Waals surface area contributed by atoms with Gasteiger partial charge in [0.2, 0.25) is 0 Å². The van der Waals surface area contributed by atoms with E-state index in [4.69, 9.17) is 4.74 Å². The summed E-state index contributed by atoms with van der Waals surface area (Å²) >= 11 is 1.49. The molecule has 0 bridgehead atoms. The smallest absolute Gasteiger partial charge is 0.338 e. The number of hydrogen-bond donors (Lipinski definition) is 0. The molecular weight excluding hydrogens is 370 g/mol. The monoisotopic (exact) mass is 391 g/mol. The molecule has 3 aromatic rings. The molecule has 1 aromatic heterocycles. The molecule has 0 radical (unpaired) electrons. The number of aromatic nitrogens is 1. The maximum absolute atomic E-state index is 12.3. The van der Waals surface area contributed by atoms with E-state index in [9.17, 15) is 9.59 Å². The number of nitrogens with zero attached hydrogens (tertiary/aromatic N) is 1. The molecule has 0 N–H and O–H groups in total. The molecule has 0 saturated heterocycles. The second kappa shape index (κ2) is 8.76. The lowest BCUT2D eigenvalue weighted by Crippen LogP contribution is -2.06. The van der Waals surface area contributed by atoms with Crippen molar-refractivity contribution < 1.29 is 14.3 Å². The van der Waals surface area contributed by atoms with Crippen molar-refractivity contribution in [1.29, 1.82) is 0 Å². The Morgan fingerprint density at radius 1 is 1.14 bits per heavy atom. The van der Waals surface area contributed by atoms with Crippen LogP contribution in [0.3, 0.4) is 0 Å². The van der Waals surface area contributed by atoms with Gasteiger partial charge in [0.05, 0.1) is 18.2 Å². The van der Waals surface area contributed by atoms with Crippen molar-refractivity contribution in [3.63, 3.8) is 0 Å². The molecule has 1 heterocycles. The van der Waals surface area contributed by atoms with Gasteiger partial charge in [0.25, 0.3) is 0 Å². The molecular formula is C23H21NO3S. The first-order valence-electron chi connectivity index (χ1n) is 8.87. The van der Waals surface area contributed by atoms with Crippen LogP contribution in [0.25, 0.3) is 17.2 Å². The fourth-order valence-corrected chi connectivity index (χ4v) is 3.63. The third-order valence-corrected chi connectivity index (χ3v) is 5.26. The fourth-order valence-electron chi connectivity index (χ4n) is 3.05. The Kier molecular flexibility index (Phi) is 6.16. The Balaban J connectivity index is 2.05. The Morgan fingerprint density at radius 2 is 1.93 bits per heavy atom. The van der Waals surface area contributed by atoms with Gasteiger partial charge >= 0.3 is 5.97 Å². The molecule has 0 aliphatic carbocycles. The van der Waals surface area contributed by atoms with Crippen molar-refractivity contribution in [1.82, 2.24) is 4.98 Å². The maximum atomic E-state index is 12.3. The minimum atomic E-state index is -0.378. The molecule has 2 aromatic carbocycles. The second-order valence-corrected chi connectivity index (χ2v) is 7.41. The quantitative estimate of drug-likeness (QED) is 0.432. The molecule has 0 saturated carbocycles. The van der Waals surface area contributed by atoms with Crippen LogP contribution >= 0.6 is 11.3 Å². The van der Waals surface area contributed by atoms with E-state index in [0.29, 0.717) is 17.6 Å². The van der Waals surface area contributed by atoms with Crippen LogP contribution in [0.5, 0.6) is 0 Å². The first-order chi connectivity index (χ1) is 13.5. The standard InChI is InChI=1S/C23H21NO3S/c1-15-6-4-5-7-20(15)22-11-17(8-9-21(22)23(26)27-3)10-18(16(2)25)12-19-13-24-14-28-19/h4-9,11-14H,10H2,1-3H3/b18-12-. The number of thiazole rings is 1. The SMILES string of the molecule is COC(=O)c1ccc(C/C(=C/c2cncs2)C(C)=O)cc1-c1ccccc1C. The molecule has 0 atom stereocenters. The molecule has 4 nitrogen and oxygen atoms in total. The summed E-state index contributed by atoms with van der Waals surface area (Å²) in [7, 11) is 1.38. The van der Waals surface area contributed by atoms with Gasteiger partial charge in [-0.2, -0.15) is 0 Å². The molecule has 0 unspecified atom stereocenters. The van der Waals surface area contributed by atoms with Crippen LogP contribution in [0.15, 0.2) is 59.7 Å². The molecule has 28 heavy (non-hydrogen) atoms. The molecule has 0 fully saturated rings. The molecule has 142 valence electrons. The zero-order valence-corrected chi connectivity index (χ0v) is 16.9. The minimum absolute atomic E-state index is 0.0166. The van der Waals surface area contributed by atoms with Gasteiger partial charge in [-0.05, 0) is 54.3 Å². The number of allylic oxidation sites excluding steroid dienone is 1. The van der Waals surface area contributed by atoms with Crippen molar-refractivity contribution in [3.8, 4) is 11.1 Å². The van der Waals surface area contributed by atoms with Crippen LogP contribution in [0, 0.1) is 6.92 Å². The van der Waals surface area contributed by atoms with Crippen molar-refractivity contribution in [2.24, 2.45) is 0 Å². The van der Waals surface area contributed by atoms with Crippen molar-refractivity contribution in [3.05, 3.63) is 81.3 Å². The molecule has 5 heteroatoms. The summed E-state index contributed by atoms with van der Waals surface area (Å²) in [4.78, 5) is 29.4. The summed E-state index contributed by atoms with van der Waals surface area (Å²) < 4.78 is 4.96. The molecule has 0 aliphatic rings. The van der Waals surface area contributed by atoms with Crippen LogP contribution in [0.2, 0.25) is 0 Å². The largest absolute Gasteiger partial charge is 0.465 e. The number of hydrogen-bond acceptors (Lipinski definition) is 5. The number of aryl methyl sites for hydroxylation is 1. The predicted molar refractivity (Wildman–Crippen MR) is 112 cm³/mol. The lowest BCUT2D eigenvalue weighted by molar-refractivity contribution is -0.113. The van der Waals surface area contributed by atoms with Crippen molar-refractivity contribution >= 4 is 29.2 Å². The van der Waals surface area contributed by atoms with Crippen molar-refractivity contribution in [2.45, 2.75) is 20.3 Å². The predicted octanol–water partition coefficient (Wildman–Crippen LogP) is 5.12. The number of ether oxygens (including phenoxy) is 1. The summed E-state index contributed by atoms with van der Waals surface area (Å²) in [6.45, 7) is 3.58. The highest BCUT2D eigenvalue weighted by Crippen LogP contribution is 2.29. The van der Waals surface area contributed by atoms with Gasteiger partial charge in [-0.1, -0.05) is 30.3 Å². The second-order valence-electron chi connectivity index (χ2n) is 6.49. The van der Waals surface area contributed by atoms with Crippen LogP contribution in [0.1, 0.15) is 33.3 Å². The van der Waals surface area contributed by atoms with E-state index in [2.05, 4.69) is 4.98 Å². The summed E-state index contributed by atoms with van der Waals surface area (Å²) in [5.74, 6) is -0.361. The van der Waals surface area contributed by atoms with E-state index in [1.165, 1.54) is 18.4 Å². The van der Waals surface area contributed by atoms with Gasteiger partial charge in [0.1, 0.15) is 0 Å². The number of ketones is 1. The van der Waals surface area contributed by atoms with Crippen LogP contribution in [0.4, 0.5) is 0 Å². The van der Waals surface area contributed by atoms with Crippen molar-refractivity contribution in [2.75, 3.05) is 7.11 Å². The Bertz CT molecular complexity index is 1040. The number of carbonyl (C=O) groups excluding carboxylic acids is 2. The molecule has 0 aliphatic heterocycles. The number of Topliss-reactive ketones (excluding diaryl/α,β-unsaturated/α-hetero) is 1. The molecule has 3 rings (SSSR count). The lowest BCUT2D eigenvalue weighted by atomic mass is 9.92. The number of carbonyl (C=O) groups is 2. The third kappa shape index (κ3) is 4.43. The van der Waals surface area contributed by atoms with Crippen LogP contribution in [-0.2, 0) is 16.0 Å². The number of methoxy groups -OCH3 is 1. The van der Waals surface area contributed by atoms with E-state index < -0.39 is 0 Å². The average molecular weight is 391 g/mol. The number of esters is 1. The zero-order valence-electron chi connectivity index (χ0n) is 16.1. The van der Waals surface area contributed by atoms with Gasteiger partial charge in [-0.25, -0.2) is 4.79 Å². The first kappa shape index (κ1) is 19.7. The lowest BCUT2D eigenvalue weighted by Gasteiger charge is -2.13. The Labute approximate surface area is 168 Å². The van der Waals surface area contributed by atoms with E-state index in [1.54, 1.807) is 24.7 Å². The van der Waals surface area contributed by atoms with Gasteiger partial charge in [0, 0.05) is 23.1 Å². The molecule has 0 spiro atoms. The summed E-state index contributed by atoms with van der Waals surface area (Å²) in [5, 5.41) is 0. The van der Waals surface area contributed by atoms with E-state index in [1.807, 2.05) is 49.4 Å². The highest BCUT2D eigenvalue weighted by molar-refractivity contribution is 7.10. The number of rotatable bonds is 6. The van der Waals surface area contributed by atoms with E-state index in [-0.39, 0.29) is 11.8 Å². The molecule has 0 amide bonds. The zero-order chi connectivity index (χ0) is 20.1. The van der Waals surface area contributed by atoms with Gasteiger partial charge < -0.3 is 4.74 Å². The highest BCUT2D eigenvalue weighted by atomic mass is 32.1. The van der Waals surface area contributed by atoms with E-state index >= 15 is 0 Å². The average Bonchev–Trinajstić information content (AvgIpc) is 3.20. The van der Waals surface area contributed by atoms with Crippen LogP contribution in [-0.4, -0.2) is 23.8 Å². The maximum Gasteiger partial charge on any atom is 0.338 e. The van der Waals surface area contributed by atoms with Gasteiger partial charge in [-0.3, -0.25) is 9.78 Å². The summed E-state index contributed by atoms with van der Waals surface area (Å²) in [6, 6.07) is 13.5. The third-order valence-electron chi connectivity index (χ3n) is 4.54. The van der Waals surface area contributed by atoms with Gasteiger partial charge in [0.15, 0.2) is 5.78 Å². The summed E-state index contributed by atoms with van der Waals surface area (Å²) in [6.07, 6.45) is 4.10. The minimum Gasteiger partial charge on any atom is -0.465 e. The highest BCUT2D eigenvalue weighted by Gasteiger charge is 2.16. The Morgan fingerprint density at radius 3 is 2.57 bits per heavy atom. The van der Waals surface area contributed by atoms with Crippen LogP contribution < -0.4 is 0 Å². The first-order valence-corrected chi connectivity index (χ1v) is 9.75. The summed E-state index contributed by atoms with van der Waals surface area (Å²) in [5.41, 5.74) is 6.75. The normalized spacial score (nSPS) is 11.3. The topological polar surface area (TPSA) is 56.3 Å². The van der Waals surface area contributed by atoms with Gasteiger partial charge in [-0.15, -0.1) is 11.3 Å².